The molecule has 1 atom stereocenters. The van der Waals surface area contributed by atoms with E-state index in [-0.39, 0.29) is 5.91 Å². The molecule has 2 N–H and O–H groups in total. The maximum atomic E-state index is 12.1. The molecule has 1 aromatic carbocycles. The van der Waals surface area contributed by atoms with Crippen molar-refractivity contribution in [3.05, 3.63) is 29.3 Å². The number of carbonyl (C=O) groups is 2. The van der Waals surface area contributed by atoms with E-state index in [1.807, 2.05) is 12.1 Å². The number of nitrogens with zero attached hydrogens (tertiary/aromatic N) is 1. The molecule has 0 aliphatic carbocycles. The van der Waals surface area contributed by atoms with Crippen LogP contribution < -0.4 is 5.32 Å². The summed E-state index contributed by atoms with van der Waals surface area (Å²) in [5, 5.41) is 12.1. The van der Waals surface area contributed by atoms with Crippen molar-refractivity contribution in [3.8, 4) is 0 Å². The largest absolute Gasteiger partial charge is 0.480 e. The molecular formula is C13H16N2O3. The summed E-state index contributed by atoms with van der Waals surface area (Å²) >= 11 is 0. The van der Waals surface area contributed by atoms with Gasteiger partial charge in [0.15, 0.2) is 0 Å². The molecule has 1 aliphatic heterocycles. The molecule has 5 nitrogen and oxygen atoms in total. The van der Waals surface area contributed by atoms with Gasteiger partial charge in [-0.25, -0.2) is 4.79 Å². The number of aliphatic carboxylic acids is 1. The topological polar surface area (TPSA) is 69.6 Å². The van der Waals surface area contributed by atoms with E-state index in [2.05, 4.69) is 5.32 Å². The van der Waals surface area contributed by atoms with Gasteiger partial charge in [-0.05, 0) is 37.1 Å². The van der Waals surface area contributed by atoms with Crippen molar-refractivity contribution in [3.63, 3.8) is 0 Å². The average Bonchev–Trinajstić information content (AvgIpc) is 2.82. The van der Waals surface area contributed by atoms with Gasteiger partial charge in [0, 0.05) is 24.8 Å². The van der Waals surface area contributed by atoms with E-state index in [9.17, 15) is 9.59 Å². The number of anilines is 1. The summed E-state index contributed by atoms with van der Waals surface area (Å²) < 4.78 is 0. The number of carbonyl (C=O) groups excluding carboxylic acids is 1. The molecule has 0 saturated carbocycles. The summed E-state index contributed by atoms with van der Waals surface area (Å²) in [4.78, 5) is 24.2. The van der Waals surface area contributed by atoms with Crippen molar-refractivity contribution in [1.29, 1.82) is 0 Å². The van der Waals surface area contributed by atoms with Crippen LogP contribution in [0.3, 0.4) is 0 Å². The number of carboxylic acids is 1. The Morgan fingerprint density at radius 2 is 2.17 bits per heavy atom. The number of likely N-dealkylation sites (N-methyl/N-ethyl adjacent to an activating group) is 1. The lowest BCUT2D eigenvalue weighted by Crippen LogP contribution is -2.40. The molecule has 0 fully saturated rings. The molecule has 1 aromatic rings. The van der Waals surface area contributed by atoms with Crippen LogP contribution in [0.25, 0.3) is 0 Å². The molecule has 0 saturated heterocycles. The Kier molecular flexibility index (Phi) is 3.23. The Morgan fingerprint density at radius 1 is 1.44 bits per heavy atom. The second kappa shape index (κ2) is 4.68. The van der Waals surface area contributed by atoms with Gasteiger partial charge in [0.2, 0.25) is 0 Å². The van der Waals surface area contributed by atoms with Crippen LogP contribution in [0.2, 0.25) is 0 Å². The first-order valence-electron chi connectivity index (χ1n) is 5.87. The molecule has 1 heterocycles. The molecule has 0 spiro atoms. The second-order valence-corrected chi connectivity index (χ2v) is 4.48. The number of fused-ring (bicyclic) bond motifs is 1. The Morgan fingerprint density at radius 3 is 2.83 bits per heavy atom. The summed E-state index contributed by atoms with van der Waals surface area (Å²) in [6.45, 7) is 2.38. The van der Waals surface area contributed by atoms with Gasteiger partial charge in [-0.2, -0.15) is 0 Å². The minimum Gasteiger partial charge on any atom is -0.480 e. The SMILES string of the molecule is CC(C(=O)O)N(C)C(=O)c1ccc2c(c1)CCN2. The van der Waals surface area contributed by atoms with E-state index in [1.54, 1.807) is 6.07 Å². The zero-order chi connectivity index (χ0) is 13.3. The van der Waals surface area contributed by atoms with Gasteiger partial charge in [-0.1, -0.05) is 0 Å². The third-order valence-electron chi connectivity index (χ3n) is 3.32. The predicted molar refractivity (Wildman–Crippen MR) is 67.8 cm³/mol. The highest BCUT2D eigenvalue weighted by Gasteiger charge is 2.23. The molecular weight excluding hydrogens is 232 g/mol. The smallest absolute Gasteiger partial charge is 0.326 e. The lowest BCUT2D eigenvalue weighted by atomic mass is 10.1. The van der Waals surface area contributed by atoms with E-state index in [0.717, 1.165) is 24.2 Å². The van der Waals surface area contributed by atoms with E-state index in [0.29, 0.717) is 5.56 Å². The third-order valence-corrected chi connectivity index (χ3v) is 3.32. The molecule has 0 radical (unpaired) electrons. The van der Waals surface area contributed by atoms with Crippen molar-refractivity contribution in [2.24, 2.45) is 0 Å². The van der Waals surface area contributed by atoms with E-state index < -0.39 is 12.0 Å². The number of nitrogens with one attached hydrogen (secondary N) is 1. The Balaban J connectivity index is 2.21. The molecule has 1 unspecified atom stereocenters. The minimum atomic E-state index is -1.01. The van der Waals surface area contributed by atoms with Crippen LogP contribution in [0.15, 0.2) is 18.2 Å². The molecule has 2 rings (SSSR count). The predicted octanol–water partition coefficient (Wildman–Crippen LogP) is 1.20. The maximum absolute atomic E-state index is 12.1. The number of hydrogen-bond acceptors (Lipinski definition) is 3. The van der Waals surface area contributed by atoms with Gasteiger partial charge in [0.1, 0.15) is 6.04 Å². The summed E-state index contributed by atoms with van der Waals surface area (Å²) in [6.07, 6.45) is 0.897. The first kappa shape index (κ1) is 12.4. The number of hydrogen-bond donors (Lipinski definition) is 2. The lowest BCUT2D eigenvalue weighted by Gasteiger charge is -2.21. The zero-order valence-electron chi connectivity index (χ0n) is 10.4. The van der Waals surface area contributed by atoms with E-state index >= 15 is 0 Å². The highest BCUT2D eigenvalue weighted by Crippen LogP contribution is 2.23. The molecule has 96 valence electrons. The molecule has 1 amide bonds. The Hall–Kier alpha value is -2.04. The first-order valence-corrected chi connectivity index (χ1v) is 5.87. The van der Waals surface area contributed by atoms with Crippen LogP contribution in [0.4, 0.5) is 5.69 Å². The lowest BCUT2D eigenvalue weighted by molar-refractivity contribution is -0.141. The number of rotatable bonds is 3. The summed E-state index contributed by atoms with van der Waals surface area (Å²) in [6, 6.07) is 4.60. The highest BCUT2D eigenvalue weighted by atomic mass is 16.4. The second-order valence-electron chi connectivity index (χ2n) is 4.48. The average molecular weight is 248 g/mol. The molecule has 0 aromatic heterocycles. The van der Waals surface area contributed by atoms with Gasteiger partial charge in [-0.15, -0.1) is 0 Å². The van der Waals surface area contributed by atoms with E-state index in [1.165, 1.54) is 18.9 Å². The third kappa shape index (κ3) is 2.16. The van der Waals surface area contributed by atoms with Gasteiger partial charge in [0.05, 0.1) is 0 Å². The van der Waals surface area contributed by atoms with Crippen molar-refractivity contribution in [2.45, 2.75) is 19.4 Å². The minimum absolute atomic E-state index is 0.264. The van der Waals surface area contributed by atoms with Crippen LogP contribution in [-0.2, 0) is 11.2 Å². The summed E-state index contributed by atoms with van der Waals surface area (Å²) in [5.41, 5.74) is 2.70. The van der Waals surface area contributed by atoms with Crippen molar-refractivity contribution >= 4 is 17.6 Å². The molecule has 1 aliphatic rings. The fraction of sp³-hybridized carbons (Fsp3) is 0.385. The van der Waals surface area contributed by atoms with Gasteiger partial charge < -0.3 is 15.3 Å². The standard InChI is InChI=1S/C13H16N2O3/c1-8(13(17)18)15(2)12(16)10-3-4-11-9(7-10)5-6-14-11/h3-4,7-8,14H,5-6H2,1-2H3,(H,17,18). The Labute approximate surface area is 105 Å². The molecule has 0 bridgehead atoms. The zero-order valence-corrected chi connectivity index (χ0v) is 10.4. The van der Waals surface area contributed by atoms with Crippen LogP contribution in [0.1, 0.15) is 22.8 Å². The monoisotopic (exact) mass is 248 g/mol. The van der Waals surface area contributed by atoms with Crippen LogP contribution in [-0.4, -0.2) is 41.5 Å². The van der Waals surface area contributed by atoms with Gasteiger partial charge in [-0.3, -0.25) is 4.79 Å². The Bertz CT molecular complexity index is 499. The van der Waals surface area contributed by atoms with Gasteiger partial charge in [0.25, 0.3) is 5.91 Å². The fourth-order valence-electron chi connectivity index (χ4n) is 1.98. The summed E-state index contributed by atoms with van der Waals surface area (Å²) in [5.74, 6) is -1.27. The van der Waals surface area contributed by atoms with Crippen molar-refractivity contribution in [1.82, 2.24) is 4.90 Å². The van der Waals surface area contributed by atoms with Crippen LogP contribution in [0, 0.1) is 0 Å². The number of carboxylic acid groups (broad SMARTS) is 1. The quantitative estimate of drug-likeness (QED) is 0.843. The molecule has 5 heteroatoms. The van der Waals surface area contributed by atoms with Crippen molar-refractivity contribution < 1.29 is 14.7 Å². The van der Waals surface area contributed by atoms with Gasteiger partial charge >= 0.3 is 5.97 Å². The van der Waals surface area contributed by atoms with Crippen LogP contribution >= 0.6 is 0 Å². The number of benzene rings is 1. The first-order chi connectivity index (χ1) is 8.50. The van der Waals surface area contributed by atoms with E-state index in [4.69, 9.17) is 5.11 Å². The molecule has 18 heavy (non-hydrogen) atoms. The highest BCUT2D eigenvalue weighted by molar-refractivity contribution is 5.97. The normalized spacial score (nSPS) is 14.6. The maximum Gasteiger partial charge on any atom is 0.326 e. The van der Waals surface area contributed by atoms with Crippen molar-refractivity contribution in [2.75, 3.05) is 18.9 Å². The summed E-state index contributed by atoms with van der Waals surface area (Å²) in [7, 11) is 1.51. The van der Waals surface area contributed by atoms with Crippen LogP contribution in [0.5, 0.6) is 0 Å². The number of amides is 1. The fourth-order valence-corrected chi connectivity index (χ4v) is 1.98.